The smallest absolute Gasteiger partial charge is 0.261 e. The minimum absolute atomic E-state index is 0.111. The highest BCUT2D eigenvalue weighted by Gasteiger charge is 2.28. The van der Waals surface area contributed by atoms with Crippen LogP contribution >= 0.6 is 0 Å². The average molecular weight is 577 g/mol. The number of benzene rings is 1. The van der Waals surface area contributed by atoms with Crippen LogP contribution in [0.4, 0.5) is 8.78 Å². The Balaban J connectivity index is 0.00000198. The molecule has 9 heteroatoms. The Hall–Kier alpha value is -4.11. The lowest BCUT2D eigenvalue weighted by molar-refractivity contribution is 0.208. The summed E-state index contributed by atoms with van der Waals surface area (Å²) in [5.74, 6) is -0.609. The highest BCUT2D eigenvalue weighted by atomic mass is 19.1. The Kier molecular flexibility index (Phi) is 10.8. The molecule has 0 unspecified atom stereocenters. The van der Waals surface area contributed by atoms with Gasteiger partial charge in [-0.15, -0.1) is 0 Å². The predicted octanol–water partition coefficient (Wildman–Crippen LogP) is 6.73. The molecule has 42 heavy (non-hydrogen) atoms. The summed E-state index contributed by atoms with van der Waals surface area (Å²) in [6.07, 6.45) is 7.11. The van der Waals surface area contributed by atoms with Gasteiger partial charge in [-0.2, -0.15) is 0 Å². The van der Waals surface area contributed by atoms with Gasteiger partial charge in [-0.05, 0) is 75.2 Å². The van der Waals surface area contributed by atoms with Crippen molar-refractivity contribution < 1.29 is 18.7 Å². The number of rotatable bonds is 8. The molecule has 0 amide bonds. The van der Waals surface area contributed by atoms with Gasteiger partial charge < -0.3 is 14.8 Å². The number of aromatic nitrogens is 2. The van der Waals surface area contributed by atoms with Crippen molar-refractivity contribution in [3.8, 4) is 5.75 Å². The van der Waals surface area contributed by atoms with Crippen molar-refractivity contribution in [3.63, 3.8) is 0 Å². The molecule has 1 N–H and O–H groups in total. The maximum atomic E-state index is 14.6. The normalized spacial score (nSPS) is 16.6. The number of likely N-dealkylation sites (tertiary alicyclic amines) is 1. The maximum absolute atomic E-state index is 14.6. The molecule has 0 bridgehead atoms. The van der Waals surface area contributed by atoms with E-state index in [1.165, 1.54) is 18.2 Å². The fourth-order valence-electron chi connectivity index (χ4n) is 5.31. The molecule has 5 rings (SSSR count). The third kappa shape index (κ3) is 7.20. The van der Waals surface area contributed by atoms with E-state index in [1.54, 1.807) is 16.7 Å². The second-order valence-electron chi connectivity index (χ2n) is 10.1. The summed E-state index contributed by atoms with van der Waals surface area (Å²) in [4.78, 5) is 20.4. The zero-order chi connectivity index (χ0) is 30.1. The molecule has 1 fully saturated rings. The number of piperidine rings is 1. The zero-order valence-electron chi connectivity index (χ0n) is 24.4. The zero-order valence-corrected chi connectivity index (χ0v) is 24.4. The van der Waals surface area contributed by atoms with Gasteiger partial charge in [0.1, 0.15) is 18.3 Å². The van der Waals surface area contributed by atoms with Crippen LogP contribution in [0.3, 0.4) is 0 Å². The van der Waals surface area contributed by atoms with Gasteiger partial charge in [-0.1, -0.05) is 49.3 Å². The molecule has 3 aromatic rings. The average Bonchev–Trinajstić information content (AvgIpc) is 3.19. The van der Waals surface area contributed by atoms with Crippen molar-refractivity contribution in [1.29, 1.82) is 0 Å². The van der Waals surface area contributed by atoms with Crippen molar-refractivity contribution in [2.24, 2.45) is 11.1 Å². The molecule has 1 saturated heterocycles. The third-order valence-electron chi connectivity index (χ3n) is 7.57. The Bertz CT molecular complexity index is 1550. The number of pyridine rings is 1. The molecule has 7 nitrogen and oxygen atoms in total. The first kappa shape index (κ1) is 30.8. The number of aryl methyl sites for hydroxylation is 1. The van der Waals surface area contributed by atoms with Crippen LogP contribution in [0, 0.1) is 12.8 Å². The summed E-state index contributed by atoms with van der Waals surface area (Å²) >= 11 is 0. The van der Waals surface area contributed by atoms with Gasteiger partial charge in [0.05, 0.1) is 5.71 Å². The standard InChI is InChI=1S/C31H32F2N4O3.C2H6/c1-21-25(31(38)37-16-5-8-28(30(37)34-21)40-20-22-6-3-2-4-7-22)15-19-36-17-13-23(14-18-36)29(35-39)26-11-9-24(32)10-12-27(26)33;1-2/h2-11,16,23,39H,12-15,17-20H2,1H3;1-2H3/b35-29-;. The lowest BCUT2D eigenvalue weighted by atomic mass is 9.87. The van der Waals surface area contributed by atoms with Gasteiger partial charge in [-0.25, -0.2) is 13.8 Å². The fourth-order valence-corrected chi connectivity index (χ4v) is 5.31. The van der Waals surface area contributed by atoms with E-state index in [1.807, 2.05) is 57.2 Å². The number of hydrogen-bond acceptors (Lipinski definition) is 6. The second-order valence-corrected chi connectivity index (χ2v) is 10.1. The first-order chi connectivity index (χ1) is 20.4. The van der Waals surface area contributed by atoms with Crippen molar-refractivity contribution in [3.05, 3.63) is 111 Å². The number of oxime groups is 1. The minimum Gasteiger partial charge on any atom is -0.485 e. The summed E-state index contributed by atoms with van der Waals surface area (Å²) in [5, 5.41) is 13.1. The van der Waals surface area contributed by atoms with Crippen LogP contribution < -0.4 is 10.3 Å². The molecular weight excluding hydrogens is 538 g/mol. The summed E-state index contributed by atoms with van der Waals surface area (Å²) in [7, 11) is 0. The van der Waals surface area contributed by atoms with Gasteiger partial charge in [-0.3, -0.25) is 9.20 Å². The van der Waals surface area contributed by atoms with Gasteiger partial charge >= 0.3 is 0 Å². The lowest BCUT2D eigenvalue weighted by Gasteiger charge is -2.32. The Labute approximate surface area is 245 Å². The molecule has 0 saturated carbocycles. The first-order valence-corrected chi connectivity index (χ1v) is 14.5. The largest absolute Gasteiger partial charge is 0.485 e. The fraction of sp³-hybridized carbons (Fsp3) is 0.364. The van der Waals surface area contributed by atoms with Crippen LogP contribution in [-0.2, 0) is 13.0 Å². The van der Waals surface area contributed by atoms with E-state index in [0.29, 0.717) is 68.2 Å². The highest BCUT2D eigenvalue weighted by molar-refractivity contribution is 6.04. The van der Waals surface area contributed by atoms with Crippen molar-refractivity contribution in [2.45, 2.75) is 53.1 Å². The van der Waals surface area contributed by atoms with Crippen LogP contribution in [-0.4, -0.2) is 44.8 Å². The first-order valence-electron chi connectivity index (χ1n) is 14.5. The van der Waals surface area contributed by atoms with Gasteiger partial charge in [0.2, 0.25) is 0 Å². The van der Waals surface area contributed by atoms with E-state index in [0.717, 1.165) is 5.56 Å². The van der Waals surface area contributed by atoms with E-state index in [2.05, 4.69) is 10.1 Å². The molecule has 1 aliphatic heterocycles. The SMILES string of the molecule is CC.Cc1nc2c(OCc3ccccc3)cccn2c(=O)c1CCN1CCC(/C(=N/O)C2=C(F)CC=C(F)C=C2)CC1. The molecule has 2 aliphatic rings. The van der Waals surface area contributed by atoms with E-state index >= 15 is 0 Å². The van der Waals surface area contributed by atoms with Crippen LogP contribution in [0.15, 0.2) is 94.1 Å². The van der Waals surface area contributed by atoms with Crippen LogP contribution in [0.1, 0.15) is 49.9 Å². The quantitative estimate of drug-likeness (QED) is 0.183. The van der Waals surface area contributed by atoms with E-state index in [-0.39, 0.29) is 29.2 Å². The summed E-state index contributed by atoms with van der Waals surface area (Å²) < 4.78 is 35.7. The van der Waals surface area contributed by atoms with Crippen LogP contribution in [0.2, 0.25) is 0 Å². The number of allylic oxidation sites excluding steroid dienone is 6. The second kappa shape index (κ2) is 14.7. The van der Waals surface area contributed by atoms with Gasteiger partial charge in [0, 0.05) is 41.9 Å². The van der Waals surface area contributed by atoms with E-state index in [4.69, 9.17) is 9.72 Å². The summed E-state index contributed by atoms with van der Waals surface area (Å²) in [6, 6.07) is 13.4. The number of fused-ring (bicyclic) bond motifs is 1. The molecule has 0 atom stereocenters. The topological polar surface area (TPSA) is 79.4 Å². The Morgan fingerprint density at radius 1 is 1.10 bits per heavy atom. The van der Waals surface area contributed by atoms with Gasteiger partial charge in [0.25, 0.3) is 5.56 Å². The molecular formula is C33H38F2N4O3. The number of nitrogens with zero attached hydrogens (tertiary/aromatic N) is 4. The molecule has 0 spiro atoms. The lowest BCUT2D eigenvalue weighted by Crippen LogP contribution is -2.38. The highest BCUT2D eigenvalue weighted by Crippen LogP contribution is 2.28. The number of ether oxygens (including phenoxy) is 1. The summed E-state index contributed by atoms with van der Waals surface area (Å²) in [5.41, 5.74) is 3.15. The monoisotopic (exact) mass is 576 g/mol. The summed E-state index contributed by atoms with van der Waals surface area (Å²) in [6.45, 7) is 8.30. The molecule has 1 aromatic carbocycles. The minimum atomic E-state index is -0.512. The van der Waals surface area contributed by atoms with Crippen molar-refractivity contribution in [2.75, 3.05) is 19.6 Å². The maximum Gasteiger partial charge on any atom is 0.261 e. The molecule has 1 aliphatic carbocycles. The van der Waals surface area contributed by atoms with E-state index in [9.17, 15) is 18.8 Å². The predicted molar refractivity (Wildman–Crippen MR) is 161 cm³/mol. The molecule has 3 heterocycles. The van der Waals surface area contributed by atoms with Crippen molar-refractivity contribution >= 4 is 11.4 Å². The number of halogens is 2. The Morgan fingerprint density at radius 2 is 1.83 bits per heavy atom. The Morgan fingerprint density at radius 3 is 2.55 bits per heavy atom. The third-order valence-corrected chi connectivity index (χ3v) is 7.57. The van der Waals surface area contributed by atoms with E-state index < -0.39 is 11.7 Å². The molecule has 222 valence electrons. The van der Waals surface area contributed by atoms with Crippen molar-refractivity contribution in [1.82, 2.24) is 14.3 Å². The number of hydrogen-bond donors (Lipinski definition) is 1. The molecule has 2 aromatic heterocycles. The van der Waals surface area contributed by atoms with Crippen LogP contribution in [0.5, 0.6) is 5.75 Å². The van der Waals surface area contributed by atoms with Gasteiger partial charge in [0.15, 0.2) is 11.4 Å². The van der Waals surface area contributed by atoms with Crippen LogP contribution in [0.25, 0.3) is 5.65 Å². The molecule has 0 radical (unpaired) electrons.